The Morgan fingerprint density at radius 2 is 2.05 bits per heavy atom. The van der Waals surface area contributed by atoms with Crippen molar-refractivity contribution in [2.45, 2.75) is 20.1 Å². The zero-order chi connectivity index (χ0) is 16.3. The number of nitrogens with one attached hydrogen (secondary N) is 2. The van der Waals surface area contributed by atoms with Gasteiger partial charge in [-0.1, -0.05) is 0 Å². The average molecular weight is 306 g/mol. The molecule has 0 saturated heterocycles. The number of hydrogen-bond acceptors (Lipinski definition) is 7. The van der Waals surface area contributed by atoms with Crippen LogP contribution in [-0.2, 0) is 13.2 Å². The molecule has 9 nitrogen and oxygen atoms in total. The van der Waals surface area contributed by atoms with Gasteiger partial charge >= 0.3 is 5.69 Å². The molecule has 22 heavy (non-hydrogen) atoms. The van der Waals surface area contributed by atoms with Crippen molar-refractivity contribution in [3.05, 3.63) is 49.4 Å². The van der Waals surface area contributed by atoms with Crippen LogP contribution in [0.15, 0.2) is 20.8 Å². The first kappa shape index (κ1) is 15.4. The fourth-order valence-electron chi connectivity index (χ4n) is 1.83. The van der Waals surface area contributed by atoms with E-state index in [1.54, 1.807) is 6.92 Å². The summed E-state index contributed by atoms with van der Waals surface area (Å²) >= 11 is 0. The third kappa shape index (κ3) is 3.04. The molecule has 5 N–H and O–H groups in total. The van der Waals surface area contributed by atoms with E-state index in [1.165, 1.54) is 6.20 Å². The maximum atomic E-state index is 11.5. The Bertz CT molecular complexity index is 837. The third-order valence-electron chi connectivity index (χ3n) is 3.03. The van der Waals surface area contributed by atoms with Crippen LogP contribution in [0, 0.1) is 6.92 Å². The monoisotopic (exact) mass is 306 g/mol. The normalized spacial score (nSPS) is 11.2. The van der Waals surface area contributed by atoms with Crippen LogP contribution < -0.4 is 11.2 Å². The zero-order valence-electron chi connectivity index (χ0n) is 11.6. The molecule has 0 atom stereocenters. The first-order valence-electron chi connectivity index (χ1n) is 6.26. The number of aromatic hydroxyl groups is 2. The molecule has 2 heterocycles. The lowest BCUT2D eigenvalue weighted by atomic mass is 10.1. The molecule has 9 heteroatoms. The number of hydrogen-bond donors (Lipinski definition) is 5. The summed E-state index contributed by atoms with van der Waals surface area (Å²) in [5.41, 5.74) is -0.680. The van der Waals surface area contributed by atoms with Gasteiger partial charge in [-0.05, 0) is 6.92 Å². The number of aromatic amines is 2. The Morgan fingerprint density at radius 1 is 1.32 bits per heavy atom. The number of pyridine rings is 1. The van der Waals surface area contributed by atoms with Crippen molar-refractivity contribution in [1.29, 1.82) is 0 Å². The van der Waals surface area contributed by atoms with E-state index in [-0.39, 0.29) is 24.5 Å². The van der Waals surface area contributed by atoms with Gasteiger partial charge in [0.1, 0.15) is 11.3 Å². The first-order chi connectivity index (χ1) is 10.4. The van der Waals surface area contributed by atoms with Crippen molar-refractivity contribution >= 4 is 6.21 Å². The molecule has 0 amide bonds. The number of H-pyrrole nitrogens is 2. The largest absolute Gasteiger partial charge is 0.506 e. The highest BCUT2D eigenvalue weighted by Gasteiger charge is 2.11. The van der Waals surface area contributed by atoms with E-state index in [9.17, 15) is 24.9 Å². The summed E-state index contributed by atoms with van der Waals surface area (Å²) in [6, 6.07) is 0. The molecule has 0 fully saturated rings. The second-order valence-electron chi connectivity index (χ2n) is 4.49. The molecule has 0 unspecified atom stereocenters. The molecule has 0 radical (unpaired) electrons. The number of rotatable bonds is 4. The van der Waals surface area contributed by atoms with E-state index < -0.39 is 17.1 Å². The SMILES string of the molecule is Cc1ncc(CO)c(CN=Cc2c(O)[nH]c(=O)[nH]c2=O)c1O. The summed E-state index contributed by atoms with van der Waals surface area (Å²) in [6.45, 7) is 1.24. The molecule has 0 aliphatic heterocycles. The quantitative estimate of drug-likeness (QED) is 0.470. The maximum Gasteiger partial charge on any atom is 0.328 e. The van der Waals surface area contributed by atoms with Gasteiger partial charge in [0, 0.05) is 23.5 Å². The molecule has 0 aliphatic carbocycles. The number of aliphatic hydroxyl groups excluding tert-OH is 1. The highest BCUT2D eigenvalue weighted by atomic mass is 16.3. The topological polar surface area (TPSA) is 152 Å². The van der Waals surface area contributed by atoms with Crippen LogP contribution >= 0.6 is 0 Å². The molecule has 0 bridgehead atoms. The summed E-state index contributed by atoms with van der Waals surface area (Å²) in [5, 5.41) is 28.7. The zero-order valence-corrected chi connectivity index (χ0v) is 11.6. The highest BCUT2D eigenvalue weighted by molar-refractivity contribution is 5.81. The van der Waals surface area contributed by atoms with Gasteiger partial charge in [-0.3, -0.25) is 24.7 Å². The summed E-state index contributed by atoms with van der Waals surface area (Å²) < 4.78 is 0. The average Bonchev–Trinajstić information content (AvgIpc) is 2.46. The minimum Gasteiger partial charge on any atom is -0.506 e. The molecule has 2 rings (SSSR count). The fourth-order valence-corrected chi connectivity index (χ4v) is 1.83. The van der Waals surface area contributed by atoms with Crippen molar-refractivity contribution in [3.8, 4) is 11.6 Å². The van der Waals surface area contributed by atoms with Crippen LogP contribution in [0.3, 0.4) is 0 Å². The van der Waals surface area contributed by atoms with Crippen LogP contribution in [0.5, 0.6) is 11.6 Å². The predicted octanol–water partition coefficient (Wildman–Crippen LogP) is -0.711. The van der Waals surface area contributed by atoms with Crippen LogP contribution in [0.1, 0.15) is 22.4 Å². The van der Waals surface area contributed by atoms with Gasteiger partial charge in [-0.2, -0.15) is 0 Å². The number of aliphatic imine (C=N–C) groups is 1. The van der Waals surface area contributed by atoms with Gasteiger partial charge in [0.05, 0.1) is 18.8 Å². The third-order valence-corrected chi connectivity index (χ3v) is 3.03. The van der Waals surface area contributed by atoms with Crippen molar-refractivity contribution < 1.29 is 15.3 Å². The Morgan fingerprint density at radius 3 is 2.68 bits per heavy atom. The van der Waals surface area contributed by atoms with Crippen molar-refractivity contribution in [3.63, 3.8) is 0 Å². The van der Waals surface area contributed by atoms with Crippen molar-refractivity contribution in [1.82, 2.24) is 15.0 Å². The standard InChI is InChI=1S/C13H14N4O5/c1-6-10(19)8(7(5-18)2-15-6)3-14-4-9-11(20)16-13(22)17-12(9)21/h2,4,18-19H,3,5H2,1H3,(H3,16,17,20,21,22). The molecular formula is C13H14N4O5. The van der Waals surface area contributed by atoms with Gasteiger partial charge < -0.3 is 15.3 Å². The lowest BCUT2D eigenvalue weighted by Gasteiger charge is -2.08. The van der Waals surface area contributed by atoms with Crippen LogP contribution in [-0.4, -0.2) is 36.5 Å². The Labute approximate surface area is 123 Å². The van der Waals surface area contributed by atoms with E-state index in [4.69, 9.17) is 0 Å². The summed E-state index contributed by atoms with van der Waals surface area (Å²) in [6.07, 6.45) is 2.49. The maximum absolute atomic E-state index is 11.5. The van der Waals surface area contributed by atoms with Gasteiger partial charge in [0.25, 0.3) is 5.56 Å². The molecule has 2 aromatic rings. The van der Waals surface area contributed by atoms with E-state index >= 15 is 0 Å². The van der Waals surface area contributed by atoms with E-state index in [0.717, 1.165) is 6.21 Å². The van der Waals surface area contributed by atoms with Crippen molar-refractivity contribution in [2.75, 3.05) is 0 Å². The number of aryl methyl sites for hydroxylation is 1. The molecule has 0 aromatic carbocycles. The van der Waals surface area contributed by atoms with Gasteiger partial charge in [0.15, 0.2) is 0 Å². The van der Waals surface area contributed by atoms with E-state index in [2.05, 4.69) is 9.98 Å². The molecule has 2 aromatic heterocycles. The number of aromatic nitrogens is 3. The molecule has 0 aliphatic rings. The van der Waals surface area contributed by atoms with Gasteiger partial charge in [0.2, 0.25) is 5.88 Å². The highest BCUT2D eigenvalue weighted by Crippen LogP contribution is 2.24. The lowest BCUT2D eigenvalue weighted by molar-refractivity contribution is 0.279. The van der Waals surface area contributed by atoms with Gasteiger partial charge in [-0.15, -0.1) is 0 Å². The fraction of sp³-hybridized carbons (Fsp3) is 0.231. The van der Waals surface area contributed by atoms with Crippen LogP contribution in [0.2, 0.25) is 0 Å². The Kier molecular flexibility index (Phi) is 4.37. The summed E-state index contributed by atoms with van der Waals surface area (Å²) in [5.74, 6) is -0.696. The van der Waals surface area contributed by atoms with Crippen LogP contribution in [0.4, 0.5) is 0 Å². The van der Waals surface area contributed by atoms with E-state index in [1.807, 2.05) is 9.97 Å². The second kappa shape index (κ2) is 6.22. The molecular weight excluding hydrogens is 292 g/mol. The van der Waals surface area contributed by atoms with Crippen molar-refractivity contribution in [2.24, 2.45) is 4.99 Å². The summed E-state index contributed by atoms with van der Waals surface area (Å²) in [7, 11) is 0. The Balaban J connectivity index is 2.33. The molecule has 0 spiro atoms. The minimum absolute atomic E-state index is 0.0386. The minimum atomic E-state index is -0.829. The first-order valence-corrected chi connectivity index (χ1v) is 6.26. The summed E-state index contributed by atoms with van der Waals surface area (Å²) in [4.78, 5) is 34.3. The predicted molar refractivity (Wildman–Crippen MR) is 77.2 cm³/mol. The lowest BCUT2D eigenvalue weighted by Crippen LogP contribution is -2.24. The van der Waals surface area contributed by atoms with Gasteiger partial charge in [-0.25, -0.2) is 4.79 Å². The second-order valence-corrected chi connectivity index (χ2v) is 4.49. The smallest absolute Gasteiger partial charge is 0.328 e. The van der Waals surface area contributed by atoms with Crippen LogP contribution in [0.25, 0.3) is 0 Å². The molecule has 0 saturated carbocycles. The Hall–Kier alpha value is -2.94. The number of nitrogens with zero attached hydrogens (tertiary/aromatic N) is 2. The number of aliphatic hydroxyl groups is 1. The molecule has 116 valence electrons. The van der Waals surface area contributed by atoms with E-state index in [0.29, 0.717) is 16.8 Å².